The van der Waals surface area contributed by atoms with Gasteiger partial charge >= 0.3 is 0 Å². The molecule has 0 unspecified atom stereocenters. The fourth-order valence-electron chi connectivity index (χ4n) is 3.34. The molecule has 0 heterocycles. The maximum absolute atomic E-state index is 12.8. The molecule has 4 rings (SSSR count). The van der Waals surface area contributed by atoms with Gasteiger partial charge in [-0.25, -0.2) is 8.42 Å². The number of nitrogen functional groups attached to an aromatic ring is 1. The zero-order chi connectivity index (χ0) is 25.4. The highest BCUT2D eigenvalue weighted by Gasteiger charge is 2.22. The van der Waals surface area contributed by atoms with E-state index >= 15 is 0 Å². The van der Waals surface area contributed by atoms with E-state index in [-0.39, 0.29) is 16.0 Å². The standard InChI is InChI=1S/C23H20N4O6S2/c1-14-7-10-18(34(29,30)27-17-5-3-2-4-6-17)13-20(14)25-26-22-21(35(31,32)33)11-15-8-9-16(24)12-19(15)23(22)28/h2-13,27-28H,24H2,1H3,(H,31,32,33). The Balaban J connectivity index is 1.80. The van der Waals surface area contributed by atoms with E-state index in [1.165, 1.54) is 36.4 Å². The molecule has 0 spiro atoms. The average Bonchev–Trinajstić information content (AvgIpc) is 2.79. The maximum Gasteiger partial charge on any atom is 0.296 e. The number of hydrogen-bond acceptors (Lipinski definition) is 8. The summed E-state index contributed by atoms with van der Waals surface area (Å²) < 4.78 is 61.7. The Kier molecular flexibility index (Phi) is 6.19. The van der Waals surface area contributed by atoms with Gasteiger partial charge in [-0.15, -0.1) is 5.11 Å². The summed E-state index contributed by atoms with van der Waals surface area (Å²) in [6, 6.07) is 18.0. The van der Waals surface area contributed by atoms with Crippen LogP contribution in [-0.2, 0) is 20.1 Å². The van der Waals surface area contributed by atoms with Gasteiger partial charge in [-0.2, -0.15) is 13.5 Å². The molecule has 10 nitrogen and oxygen atoms in total. The van der Waals surface area contributed by atoms with Crippen molar-refractivity contribution in [2.24, 2.45) is 10.2 Å². The maximum atomic E-state index is 12.8. The van der Waals surface area contributed by atoms with E-state index in [9.17, 15) is 26.5 Å². The van der Waals surface area contributed by atoms with E-state index in [1.807, 2.05) is 0 Å². The molecular weight excluding hydrogens is 492 g/mol. The predicted molar refractivity (Wildman–Crippen MR) is 132 cm³/mol. The van der Waals surface area contributed by atoms with E-state index in [4.69, 9.17) is 5.73 Å². The van der Waals surface area contributed by atoms with Crippen LogP contribution in [0.25, 0.3) is 10.8 Å². The summed E-state index contributed by atoms with van der Waals surface area (Å²) in [6.45, 7) is 1.65. The minimum absolute atomic E-state index is 0.105. The Bertz CT molecular complexity index is 1690. The molecule has 0 aliphatic rings. The minimum atomic E-state index is -4.79. The molecule has 0 radical (unpaired) electrons. The number of fused-ring (bicyclic) bond motifs is 1. The predicted octanol–water partition coefficient (Wildman–Crippen LogP) is 4.90. The van der Waals surface area contributed by atoms with E-state index < -0.39 is 36.5 Å². The van der Waals surface area contributed by atoms with Crippen LogP contribution in [0.2, 0.25) is 0 Å². The third kappa shape index (κ3) is 5.09. The summed E-state index contributed by atoms with van der Waals surface area (Å²) in [7, 11) is -8.75. The largest absolute Gasteiger partial charge is 0.505 e. The van der Waals surface area contributed by atoms with E-state index in [0.717, 1.165) is 6.07 Å². The van der Waals surface area contributed by atoms with Gasteiger partial charge in [0, 0.05) is 16.8 Å². The number of benzene rings is 4. The quantitative estimate of drug-likeness (QED) is 0.162. The second kappa shape index (κ2) is 8.98. The molecule has 0 saturated carbocycles. The summed E-state index contributed by atoms with van der Waals surface area (Å²) in [6.07, 6.45) is 0. The van der Waals surface area contributed by atoms with Crippen LogP contribution >= 0.6 is 0 Å². The third-order valence-corrected chi connectivity index (χ3v) is 7.38. The number of para-hydroxylation sites is 1. The first kappa shape index (κ1) is 24.1. The number of anilines is 2. The Morgan fingerprint density at radius 2 is 1.60 bits per heavy atom. The number of azo groups is 1. The molecule has 35 heavy (non-hydrogen) atoms. The number of hydrogen-bond donors (Lipinski definition) is 4. The van der Waals surface area contributed by atoms with Gasteiger partial charge in [0.25, 0.3) is 20.1 Å². The zero-order valence-electron chi connectivity index (χ0n) is 18.2. The first-order chi connectivity index (χ1) is 16.5. The van der Waals surface area contributed by atoms with Crippen LogP contribution < -0.4 is 10.5 Å². The van der Waals surface area contributed by atoms with Crippen molar-refractivity contribution in [2.75, 3.05) is 10.5 Å². The molecule has 0 saturated heterocycles. The van der Waals surface area contributed by atoms with Gasteiger partial charge in [0.15, 0.2) is 5.75 Å². The van der Waals surface area contributed by atoms with Crippen LogP contribution in [0.3, 0.4) is 0 Å². The van der Waals surface area contributed by atoms with Crippen molar-refractivity contribution in [1.29, 1.82) is 0 Å². The summed E-state index contributed by atoms with van der Waals surface area (Å²) in [5, 5.41) is 19.1. The smallest absolute Gasteiger partial charge is 0.296 e. The number of nitrogens with one attached hydrogen (secondary N) is 1. The Labute approximate surface area is 201 Å². The van der Waals surface area contributed by atoms with E-state index in [1.54, 1.807) is 37.3 Å². The van der Waals surface area contributed by atoms with Crippen LogP contribution in [0.5, 0.6) is 5.75 Å². The Morgan fingerprint density at radius 1 is 0.886 bits per heavy atom. The molecule has 0 fully saturated rings. The van der Waals surface area contributed by atoms with Crippen molar-refractivity contribution in [2.45, 2.75) is 16.7 Å². The van der Waals surface area contributed by atoms with Crippen molar-refractivity contribution in [1.82, 2.24) is 0 Å². The number of aromatic hydroxyl groups is 1. The van der Waals surface area contributed by atoms with Crippen LogP contribution in [0.1, 0.15) is 5.56 Å². The molecule has 180 valence electrons. The Hall–Kier alpha value is -4.00. The van der Waals surface area contributed by atoms with Crippen molar-refractivity contribution in [3.05, 3.63) is 78.4 Å². The summed E-state index contributed by atoms with van der Waals surface area (Å²) >= 11 is 0. The molecule has 0 atom stereocenters. The lowest BCUT2D eigenvalue weighted by molar-refractivity contribution is 0.472. The number of phenolic OH excluding ortho intramolecular Hbond substituents is 1. The highest BCUT2D eigenvalue weighted by molar-refractivity contribution is 7.92. The SMILES string of the molecule is Cc1ccc(S(=O)(=O)Nc2ccccc2)cc1N=Nc1c(S(=O)(=O)O)cc2ccc(N)cc2c1O. The number of aryl methyl sites for hydroxylation is 1. The second-order valence-electron chi connectivity index (χ2n) is 7.65. The molecule has 4 aromatic rings. The van der Waals surface area contributed by atoms with Crippen molar-refractivity contribution in [3.8, 4) is 5.75 Å². The topological polar surface area (TPSA) is 172 Å². The normalized spacial score (nSPS) is 12.3. The van der Waals surface area contributed by atoms with Crippen LogP contribution in [0.15, 0.2) is 92.8 Å². The number of rotatable bonds is 6. The van der Waals surface area contributed by atoms with E-state index in [0.29, 0.717) is 22.3 Å². The van der Waals surface area contributed by atoms with Gasteiger partial charge in [-0.1, -0.05) is 30.3 Å². The molecule has 0 aliphatic carbocycles. The monoisotopic (exact) mass is 512 g/mol. The molecule has 4 aromatic carbocycles. The number of sulfonamides is 1. The molecule has 12 heteroatoms. The number of nitrogens with two attached hydrogens (primary N) is 1. The Morgan fingerprint density at radius 3 is 2.29 bits per heavy atom. The zero-order valence-corrected chi connectivity index (χ0v) is 19.9. The fourth-order valence-corrected chi connectivity index (χ4v) is 5.08. The summed E-state index contributed by atoms with van der Waals surface area (Å²) in [4.78, 5) is -0.769. The first-order valence-electron chi connectivity index (χ1n) is 10.1. The van der Waals surface area contributed by atoms with Crippen molar-refractivity contribution < 1.29 is 26.5 Å². The molecule has 5 N–H and O–H groups in total. The number of nitrogens with zero attached hydrogens (tertiary/aromatic N) is 2. The second-order valence-corrected chi connectivity index (χ2v) is 10.7. The summed E-state index contributed by atoms with van der Waals surface area (Å²) in [5.41, 5.74) is 6.58. The lowest BCUT2D eigenvalue weighted by Crippen LogP contribution is -2.12. The minimum Gasteiger partial charge on any atom is -0.505 e. The van der Waals surface area contributed by atoms with Crippen LogP contribution in [0, 0.1) is 6.92 Å². The summed E-state index contributed by atoms with van der Waals surface area (Å²) in [5.74, 6) is -0.557. The third-order valence-electron chi connectivity index (χ3n) is 5.13. The first-order valence-corrected chi connectivity index (χ1v) is 13.0. The average molecular weight is 513 g/mol. The lowest BCUT2D eigenvalue weighted by atomic mass is 10.1. The van der Waals surface area contributed by atoms with E-state index in [2.05, 4.69) is 15.0 Å². The lowest BCUT2D eigenvalue weighted by Gasteiger charge is -2.10. The molecule has 0 amide bonds. The van der Waals surface area contributed by atoms with Crippen molar-refractivity contribution in [3.63, 3.8) is 0 Å². The highest BCUT2D eigenvalue weighted by Crippen LogP contribution is 2.42. The highest BCUT2D eigenvalue weighted by atomic mass is 32.2. The van der Waals surface area contributed by atoms with Gasteiger partial charge in [0.2, 0.25) is 0 Å². The molecule has 0 aromatic heterocycles. The molecular formula is C23H20N4O6S2. The van der Waals surface area contributed by atoms with Gasteiger partial charge < -0.3 is 10.8 Å². The van der Waals surface area contributed by atoms with Gasteiger partial charge in [0.05, 0.1) is 10.6 Å². The molecule has 0 bridgehead atoms. The fraction of sp³-hybridized carbons (Fsp3) is 0.0435. The number of phenols is 1. The van der Waals surface area contributed by atoms with Crippen molar-refractivity contribution >= 4 is 53.7 Å². The van der Waals surface area contributed by atoms with Gasteiger partial charge in [-0.3, -0.25) is 9.27 Å². The van der Waals surface area contributed by atoms with Gasteiger partial charge in [0.1, 0.15) is 10.6 Å². The van der Waals surface area contributed by atoms with Crippen LogP contribution in [0.4, 0.5) is 22.7 Å². The van der Waals surface area contributed by atoms with Crippen LogP contribution in [-0.4, -0.2) is 26.5 Å². The van der Waals surface area contributed by atoms with Gasteiger partial charge in [-0.05, 0) is 60.3 Å². The molecule has 0 aliphatic heterocycles.